The van der Waals surface area contributed by atoms with Gasteiger partial charge >= 0.3 is 5.69 Å². The molecule has 0 bridgehead atoms. The molecule has 0 radical (unpaired) electrons. The van der Waals surface area contributed by atoms with Crippen LogP contribution in [0.3, 0.4) is 0 Å². The van der Waals surface area contributed by atoms with Crippen molar-refractivity contribution in [1.29, 1.82) is 5.26 Å². The molecule has 144 valence electrons. The number of ether oxygens (including phenoxy) is 1. The molecule has 3 aromatic rings. The summed E-state index contributed by atoms with van der Waals surface area (Å²) < 4.78 is 9.12. The molecule has 1 fully saturated rings. The molecule has 0 amide bonds. The Kier molecular flexibility index (Phi) is 4.84. The summed E-state index contributed by atoms with van der Waals surface area (Å²) in [6, 6.07) is 9.47. The van der Waals surface area contributed by atoms with Crippen molar-refractivity contribution < 1.29 is 4.74 Å². The molecule has 1 aromatic carbocycles. The predicted octanol–water partition coefficient (Wildman–Crippen LogP) is 3.43. The molecule has 1 saturated heterocycles. The highest BCUT2D eigenvalue weighted by molar-refractivity contribution is 6.31. The molecule has 1 N–H and O–H groups in total. The van der Waals surface area contributed by atoms with Crippen molar-refractivity contribution in [3.63, 3.8) is 0 Å². The first kappa shape index (κ1) is 18.5. The van der Waals surface area contributed by atoms with Crippen LogP contribution < -0.4 is 11.0 Å². The number of anilines is 2. The summed E-state index contributed by atoms with van der Waals surface area (Å²) in [4.78, 5) is 16.7. The van der Waals surface area contributed by atoms with Crippen LogP contribution in [0.15, 0.2) is 35.3 Å². The standard InChI is InChI=1S/C20H20ClN5O2/c1-12-13(6-8-28-12)11-26-18-9-14(3-4-17(18)25(2)20(26)27)24-16-5-7-23-19(21)15(16)10-22/h3-5,7,9,12-13H,6,8,11H2,1-2H3,(H,23,24). The van der Waals surface area contributed by atoms with Crippen molar-refractivity contribution in [3.05, 3.63) is 51.7 Å². The average molecular weight is 398 g/mol. The smallest absolute Gasteiger partial charge is 0.328 e. The van der Waals surface area contributed by atoms with Gasteiger partial charge in [-0.2, -0.15) is 5.26 Å². The number of fused-ring (bicyclic) bond motifs is 1. The summed E-state index contributed by atoms with van der Waals surface area (Å²) in [5.74, 6) is 0.309. The second-order valence-electron chi connectivity index (χ2n) is 7.04. The lowest BCUT2D eigenvalue weighted by molar-refractivity contribution is 0.102. The fraction of sp³-hybridized carbons (Fsp3) is 0.350. The molecule has 0 saturated carbocycles. The molecule has 3 heterocycles. The molecule has 2 aromatic heterocycles. The molecular weight excluding hydrogens is 378 g/mol. The first-order chi connectivity index (χ1) is 13.5. The largest absolute Gasteiger partial charge is 0.378 e. The molecular formula is C20H20ClN5O2. The molecule has 4 rings (SSSR count). The van der Waals surface area contributed by atoms with Crippen LogP contribution in [0.25, 0.3) is 11.0 Å². The first-order valence-electron chi connectivity index (χ1n) is 9.12. The van der Waals surface area contributed by atoms with Gasteiger partial charge in [0.25, 0.3) is 0 Å². The Morgan fingerprint density at radius 1 is 1.39 bits per heavy atom. The van der Waals surface area contributed by atoms with Crippen LogP contribution in [-0.2, 0) is 18.3 Å². The summed E-state index contributed by atoms with van der Waals surface area (Å²) in [5.41, 5.74) is 3.28. The monoisotopic (exact) mass is 397 g/mol. The fourth-order valence-electron chi connectivity index (χ4n) is 3.72. The van der Waals surface area contributed by atoms with Gasteiger partial charge in [0.2, 0.25) is 0 Å². The molecule has 8 heteroatoms. The van der Waals surface area contributed by atoms with Gasteiger partial charge in [0, 0.05) is 38.0 Å². The maximum absolute atomic E-state index is 12.8. The molecule has 0 aliphatic carbocycles. The van der Waals surface area contributed by atoms with E-state index in [4.69, 9.17) is 16.3 Å². The van der Waals surface area contributed by atoms with Crippen molar-refractivity contribution in [3.8, 4) is 6.07 Å². The molecule has 7 nitrogen and oxygen atoms in total. The van der Waals surface area contributed by atoms with E-state index in [1.165, 1.54) is 0 Å². The average Bonchev–Trinajstić information content (AvgIpc) is 3.19. The minimum Gasteiger partial charge on any atom is -0.378 e. The van der Waals surface area contributed by atoms with Crippen LogP contribution in [0.2, 0.25) is 5.15 Å². The highest BCUT2D eigenvalue weighted by atomic mass is 35.5. The summed E-state index contributed by atoms with van der Waals surface area (Å²) in [5, 5.41) is 12.7. The van der Waals surface area contributed by atoms with Crippen LogP contribution in [0.4, 0.5) is 11.4 Å². The lowest BCUT2D eigenvalue weighted by Gasteiger charge is -2.15. The predicted molar refractivity (Wildman–Crippen MR) is 108 cm³/mol. The molecule has 1 aliphatic rings. The number of aromatic nitrogens is 3. The number of halogens is 1. The van der Waals surface area contributed by atoms with Gasteiger partial charge in [-0.15, -0.1) is 0 Å². The van der Waals surface area contributed by atoms with E-state index in [2.05, 4.69) is 23.3 Å². The number of hydrogen-bond donors (Lipinski definition) is 1. The maximum atomic E-state index is 12.8. The van der Waals surface area contributed by atoms with E-state index in [1.54, 1.807) is 28.4 Å². The molecule has 2 unspecified atom stereocenters. The van der Waals surface area contributed by atoms with Gasteiger partial charge in [-0.25, -0.2) is 9.78 Å². The summed E-state index contributed by atoms with van der Waals surface area (Å²) >= 11 is 6.01. The third-order valence-electron chi connectivity index (χ3n) is 5.39. The van der Waals surface area contributed by atoms with Crippen molar-refractivity contribution in [2.45, 2.75) is 26.0 Å². The van der Waals surface area contributed by atoms with Crippen molar-refractivity contribution in [2.24, 2.45) is 13.0 Å². The second-order valence-corrected chi connectivity index (χ2v) is 7.40. The number of nitriles is 1. The third kappa shape index (κ3) is 3.15. The first-order valence-corrected chi connectivity index (χ1v) is 9.50. The van der Waals surface area contributed by atoms with E-state index in [1.807, 2.05) is 18.2 Å². The Morgan fingerprint density at radius 3 is 2.93 bits per heavy atom. The Labute approximate surface area is 167 Å². The summed E-state index contributed by atoms with van der Waals surface area (Å²) in [6.07, 6.45) is 2.63. The minimum atomic E-state index is -0.0454. The van der Waals surface area contributed by atoms with Gasteiger partial charge in [0.05, 0.1) is 22.8 Å². The van der Waals surface area contributed by atoms with E-state index < -0.39 is 0 Å². The Hall–Kier alpha value is -2.82. The van der Waals surface area contributed by atoms with E-state index in [-0.39, 0.29) is 22.5 Å². The number of imidazole rings is 1. The van der Waals surface area contributed by atoms with E-state index in [9.17, 15) is 10.1 Å². The van der Waals surface area contributed by atoms with Gasteiger partial charge in [0.15, 0.2) is 0 Å². The molecule has 28 heavy (non-hydrogen) atoms. The zero-order chi connectivity index (χ0) is 19.8. The molecule has 1 aliphatic heterocycles. The normalized spacial score (nSPS) is 19.1. The van der Waals surface area contributed by atoms with Crippen LogP contribution in [0.5, 0.6) is 0 Å². The minimum absolute atomic E-state index is 0.0454. The highest BCUT2D eigenvalue weighted by Crippen LogP contribution is 2.28. The van der Waals surface area contributed by atoms with Crippen LogP contribution >= 0.6 is 11.6 Å². The number of rotatable bonds is 4. The number of nitrogens with one attached hydrogen (secondary N) is 1. The Morgan fingerprint density at radius 2 is 2.21 bits per heavy atom. The van der Waals surface area contributed by atoms with Crippen LogP contribution in [0.1, 0.15) is 18.9 Å². The molecule has 2 atom stereocenters. The third-order valence-corrected chi connectivity index (χ3v) is 5.68. The van der Waals surface area contributed by atoms with E-state index >= 15 is 0 Å². The van der Waals surface area contributed by atoms with Crippen LogP contribution in [0, 0.1) is 17.2 Å². The number of benzene rings is 1. The van der Waals surface area contributed by atoms with Crippen molar-refractivity contribution >= 4 is 34.0 Å². The van der Waals surface area contributed by atoms with Crippen molar-refractivity contribution in [2.75, 3.05) is 11.9 Å². The van der Waals surface area contributed by atoms with Crippen LogP contribution in [-0.4, -0.2) is 26.8 Å². The lowest BCUT2D eigenvalue weighted by atomic mass is 10.0. The summed E-state index contributed by atoms with van der Waals surface area (Å²) in [7, 11) is 1.78. The SMILES string of the molecule is CC1OCCC1Cn1c(=O)n(C)c2ccc(Nc3ccnc(Cl)c3C#N)cc21. The fourth-order valence-corrected chi connectivity index (χ4v) is 3.92. The number of aryl methyl sites for hydroxylation is 1. The zero-order valence-electron chi connectivity index (χ0n) is 15.6. The number of hydrogen-bond acceptors (Lipinski definition) is 5. The van der Waals surface area contributed by atoms with Gasteiger partial charge in [0.1, 0.15) is 16.8 Å². The Balaban J connectivity index is 1.74. The van der Waals surface area contributed by atoms with Gasteiger partial charge in [-0.3, -0.25) is 9.13 Å². The summed E-state index contributed by atoms with van der Waals surface area (Å²) in [6.45, 7) is 3.40. The number of pyridine rings is 1. The highest BCUT2D eigenvalue weighted by Gasteiger charge is 2.26. The zero-order valence-corrected chi connectivity index (χ0v) is 16.4. The van der Waals surface area contributed by atoms with Gasteiger partial charge in [-0.1, -0.05) is 11.6 Å². The maximum Gasteiger partial charge on any atom is 0.328 e. The lowest BCUT2D eigenvalue weighted by Crippen LogP contribution is -2.27. The topological polar surface area (TPSA) is 84.9 Å². The molecule has 0 spiro atoms. The number of nitrogens with zero attached hydrogens (tertiary/aromatic N) is 4. The van der Waals surface area contributed by atoms with Crippen molar-refractivity contribution in [1.82, 2.24) is 14.1 Å². The van der Waals surface area contributed by atoms with Gasteiger partial charge in [-0.05, 0) is 37.6 Å². The van der Waals surface area contributed by atoms with E-state index in [0.717, 1.165) is 29.7 Å². The van der Waals surface area contributed by atoms with E-state index in [0.29, 0.717) is 18.2 Å². The second kappa shape index (κ2) is 7.30. The Bertz CT molecular complexity index is 1140. The quantitative estimate of drug-likeness (QED) is 0.682. The van der Waals surface area contributed by atoms with Gasteiger partial charge < -0.3 is 10.1 Å².